The van der Waals surface area contributed by atoms with E-state index in [0.29, 0.717) is 43.3 Å². The zero-order valence-electron chi connectivity index (χ0n) is 20.8. The Bertz CT molecular complexity index is 1500. The molecule has 1 N–H and O–H groups in total. The summed E-state index contributed by atoms with van der Waals surface area (Å²) in [7, 11) is -2.00. The van der Waals surface area contributed by atoms with E-state index in [1.54, 1.807) is 25.4 Å². The van der Waals surface area contributed by atoms with Crippen LogP contribution in [0, 0.1) is 5.82 Å². The van der Waals surface area contributed by atoms with Gasteiger partial charge in [-0.25, -0.2) is 12.8 Å². The maximum Gasteiger partial charge on any atom is 0.254 e. The summed E-state index contributed by atoms with van der Waals surface area (Å²) in [5.74, 6) is 0.0111. The molecule has 0 saturated carbocycles. The lowest BCUT2D eigenvalue weighted by Gasteiger charge is -2.28. The van der Waals surface area contributed by atoms with Crippen molar-refractivity contribution >= 4 is 15.7 Å². The number of sulfonamides is 1. The van der Waals surface area contributed by atoms with Crippen molar-refractivity contribution in [3.63, 3.8) is 0 Å². The summed E-state index contributed by atoms with van der Waals surface area (Å²) in [6.45, 7) is 3.18. The summed E-state index contributed by atoms with van der Waals surface area (Å²) in [5.41, 5.74) is 0.816. The number of benzene rings is 2. The fraction of sp³-hybridized carbons (Fsp3) is 0.346. The van der Waals surface area contributed by atoms with Gasteiger partial charge in [-0.05, 0) is 37.3 Å². The van der Waals surface area contributed by atoms with Crippen LogP contribution in [-0.4, -0.2) is 57.4 Å². The number of nitrogens with zero attached hydrogens (tertiary/aromatic N) is 1. The molecule has 202 valence electrons. The molecule has 1 aromatic heterocycles. The first-order valence-corrected chi connectivity index (χ1v) is 13.7. The highest BCUT2D eigenvalue weighted by atomic mass is 32.2. The number of ether oxygens (including phenoxy) is 5. The number of hydrogen-bond acceptors (Lipinski definition) is 8. The quantitative estimate of drug-likeness (QED) is 0.412. The largest absolute Gasteiger partial charge is 0.485 e. The van der Waals surface area contributed by atoms with Crippen molar-refractivity contribution in [1.82, 2.24) is 4.57 Å². The number of rotatable bonds is 10. The van der Waals surface area contributed by atoms with Gasteiger partial charge in [0, 0.05) is 42.2 Å². The minimum Gasteiger partial charge on any atom is -0.485 e. The van der Waals surface area contributed by atoms with Gasteiger partial charge in [0.2, 0.25) is 10.0 Å². The Morgan fingerprint density at radius 1 is 0.947 bits per heavy atom. The smallest absolute Gasteiger partial charge is 0.254 e. The van der Waals surface area contributed by atoms with E-state index in [4.69, 9.17) is 23.7 Å². The molecule has 2 aliphatic rings. The Labute approximate surface area is 218 Å². The van der Waals surface area contributed by atoms with Crippen molar-refractivity contribution in [3.05, 3.63) is 64.8 Å². The van der Waals surface area contributed by atoms with Gasteiger partial charge in [0.15, 0.2) is 11.6 Å². The van der Waals surface area contributed by atoms with Crippen LogP contribution < -0.4 is 24.5 Å². The van der Waals surface area contributed by atoms with E-state index in [0.717, 1.165) is 0 Å². The van der Waals surface area contributed by atoms with E-state index in [1.165, 1.54) is 41.8 Å². The number of aryl methyl sites for hydroxylation is 1. The molecule has 38 heavy (non-hydrogen) atoms. The molecule has 0 aliphatic carbocycles. The second-order valence-electron chi connectivity index (χ2n) is 8.97. The Morgan fingerprint density at radius 2 is 1.63 bits per heavy atom. The second kappa shape index (κ2) is 10.6. The topological polar surface area (TPSA) is 114 Å². The maximum absolute atomic E-state index is 15.0. The van der Waals surface area contributed by atoms with Crippen molar-refractivity contribution < 1.29 is 36.5 Å². The number of halogens is 1. The second-order valence-corrected chi connectivity index (χ2v) is 11.0. The molecule has 0 atom stereocenters. The summed E-state index contributed by atoms with van der Waals surface area (Å²) >= 11 is 0. The summed E-state index contributed by atoms with van der Waals surface area (Å²) in [5, 5.41) is 0. The van der Waals surface area contributed by atoms with E-state index < -0.39 is 15.8 Å². The first-order chi connectivity index (χ1) is 18.2. The molecule has 12 heteroatoms. The molecule has 5 rings (SSSR count). The highest BCUT2D eigenvalue weighted by Gasteiger charge is 2.25. The van der Waals surface area contributed by atoms with Gasteiger partial charge >= 0.3 is 0 Å². The third kappa shape index (κ3) is 5.77. The Hall–Kier alpha value is -3.61. The third-order valence-corrected chi connectivity index (χ3v) is 7.35. The molecule has 2 aromatic carbocycles. The van der Waals surface area contributed by atoms with Crippen LogP contribution in [0.3, 0.4) is 0 Å². The molecule has 10 nitrogen and oxygen atoms in total. The van der Waals surface area contributed by atoms with Crippen LogP contribution in [-0.2, 0) is 26.5 Å². The lowest BCUT2D eigenvalue weighted by molar-refractivity contribution is -0.0797. The van der Waals surface area contributed by atoms with E-state index in [1.807, 2.05) is 0 Å². The molecule has 3 heterocycles. The van der Waals surface area contributed by atoms with Crippen molar-refractivity contribution in [2.75, 3.05) is 36.9 Å². The number of aromatic nitrogens is 1. The van der Waals surface area contributed by atoms with Crippen LogP contribution in [0.2, 0.25) is 0 Å². The highest BCUT2D eigenvalue weighted by Crippen LogP contribution is 2.41. The maximum atomic E-state index is 15.0. The van der Waals surface area contributed by atoms with Crippen LogP contribution in [0.25, 0.3) is 11.1 Å². The molecular weight excluding hydrogens is 519 g/mol. The summed E-state index contributed by atoms with van der Waals surface area (Å²) in [6, 6.07) is 10.2. The van der Waals surface area contributed by atoms with Crippen LogP contribution in [0.4, 0.5) is 10.1 Å². The average Bonchev–Trinajstić information content (AvgIpc) is 2.83. The molecule has 0 spiro atoms. The lowest BCUT2D eigenvalue weighted by Crippen LogP contribution is -2.39. The number of hydrogen-bond donors (Lipinski definition) is 1. The molecule has 3 aromatic rings. The number of nitrogens with one attached hydrogen (secondary N) is 1. The van der Waals surface area contributed by atoms with E-state index >= 15 is 0 Å². The van der Waals surface area contributed by atoms with Crippen molar-refractivity contribution in [1.29, 1.82) is 0 Å². The predicted molar refractivity (Wildman–Crippen MR) is 137 cm³/mol. The van der Waals surface area contributed by atoms with Gasteiger partial charge in [-0.1, -0.05) is 0 Å². The summed E-state index contributed by atoms with van der Waals surface area (Å²) in [4.78, 5) is 12.4. The minimum absolute atomic E-state index is 0.0648. The third-order valence-electron chi connectivity index (χ3n) is 6.05. The first kappa shape index (κ1) is 26.0. The fourth-order valence-corrected chi connectivity index (χ4v) is 4.38. The molecule has 0 amide bonds. The average molecular weight is 547 g/mol. The fourth-order valence-electron chi connectivity index (χ4n) is 3.75. The number of pyridine rings is 1. The van der Waals surface area contributed by atoms with Crippen LogP contribution in [0.15, 0.2) is 53.5 Å². The normalized spacial score (nSPS) is 15.9. The molecule has 0 radical (unpaired) electrons. The molecule has 2 fully saturated rings. The SMILES string of the molecule is CCS(=O)(=O)Nc1ccc(Oc2ccc(OC3COC3)cc2F)c(-c2cn(C)c(=O)cc2OC2COC2)c1. The van der Waals surface area contributed by atoms with Gasteiger partial charge in [-0.15, -0.1) is 0 Å². The highest BCUT2D eigenvalue weighted by molar-refractivity contribution is 7.92. The van der Waals surface area contributed by atoms with Crippen LogP contribution >= 0.6 is 0 Å². The molecule has 2 saturated heterocycles. The minimum atomic E-state index is -3.58. The van der Waals surface area contributed by atoms with Crippen LogP contribution in [0.1, 0.15) is 6.92 Å². The van der Waals surface area contributed by atoms with E-state index in [9.17, 15) is 17.6 Å². The van der Waals surface area contributed by atoms with Crippen molar-refractivity contribution in [2.24, 2.45) is 7.05 Å². The summed E-state index contributed by atoms with van der Waals surface area (Å²) in [6.07, 6.45) is 1.21. The Kier molecular flexibility index (Phi) is 7.28. The Balaban J connectivity index is 1.55. The van der Waals surface area contributed by atoms with Gasteiger partial charge in [0.25, 0.3) is 5.56 Å². The van der Waals surface area contributed by atoms with Gasteiger partial charge in [-0.3, -0.25) is 9.52 Å². The number of anilines is 1. The van der Waals surface area contributed by atoms with Crippen molar-refractivity contribution in [2.45, 2.75) is 19.1 Å². The summed E-state index contributed by atoms with van der Waals surface area (Å²) < 4.78 is 71.2. The van der Waals surface area contributed by atoms with E-state index in [-0.39, 0.29) is 46.5 Å². The molecule has 2 aliphatic heterocycles. The Morgan fingerprint density at radius 3 is 2.26 bits per heavy atom. The molecular formula is C26H27FN2O8S. The van der Waals surface area contributed by atoms with Crippen molar-refractivity contribution in [3.8, 4) is 34.1 Å². The molecule has 0 bridgehead atoms. The van der Waals surface area contributed by atoms with Gasteiger partial charge in [0.05, 0.1) is 32.2 Å². The van der Waals surface area contributed by atoms with Gasteiger partial charge < -0.3 is 28.3 Å². The standard InChI is InChI=1S/C26H27FN2O8S/c1-3-38(31,32)28-16-4-6-23(37-24-7-5-17(9-22(24)27)35-18-12-33-13-18)20(8-16)21-11-29(2)26(30)10-25(21)36-19-14-34-15-19/h4-11,18-19,28H,3,12-15H2,1-2H3. The van der Waals surface area contributed by atoms with Crippen LogP contribution in [0.5, 0.6) is 23.0 Å². The van der Waals surface area contributed by atoms with Gasteiger partial charge in [0.1, 0.15) is 29.5 Å². The lowest BCUT2D eigenvalue weighted by atomic mass is 10.0. The van der Waals surface area contributed by atoms with Gasteiger partial charge in [-0.2, -0.15) is 0 Å². The predicted octanol–water partition coefficient (Wildman–Crippen LogP) is 3.30. The monoisotopic (exact) mass is 546 g/mol. The zero-order valence-corrected chi connectivity index (χ0v) is 21.6. The molecule has 0 unspecified atom stereocenters. The van der Waals surface area contributed by atoms with E-state index in [2.05, 4.69) is 4.72 Å². The zero-order chi connectivity index (χ0) is 26.9. The first-order valence-electron chi connectivity index (χ1n) is 12.0.